The van der Waals surface area contributed by atoms with E-state index < -0.39 is 0 Å². The van der Waals surface area contributed by atoms with Crippen molar-refractivity contribution < 1.29 is 5.11 Å². The van der Waals surface area contributed by atoms with E-state index in [4.69, 9.17) is 0 Å². The van der Waals surface area contributed by atoms with Crippen molar-refractivity contribution in [3.8, 4) is 5.69 Å². The fraction of sp³-hybridized carbons (Fsp3) is 0.250. The van der Waals surface area contributed by atoms with Crippen molar-refractivity contribution in [3.63, 3.8) is 0 Å². The van der Waals surface area contributed by atoms with Crippen molar-refractivity contribution in [2.24, 2.45) is 0 Å². The van der Waals surface area contributed by atoms with E-state index >= 15 is 0 Å². The maximum absolute atomic E-state index is 9.44. The van der Waals surface area contributed by atoms with E-state index in [-0.39, 0.29) is 6.61 Å². The third-order valence-electron chi connectivity index (χ3n) is 2.92. The van der Waals surface area contributed by atoms with Crippen LogP contribution < -0.4 is 5.32 Å². The Morgan fingerprint density at radius 2 is 2.06 bits per heavy atom. The highest BCUT2D eigenvalue weighted by atomic mass is 16.3. The van der Waals surface area contributed by atoms with E-state index in [1.165, 1.54) is 0 Å². The lowest BCUT2D eigenvalue weighted by Crippen LogP contribution is -2.09. The molecule has 4 nitrogen and oxygen atoms in total. The zero-order valence-electron chi connectivity index (χ0n) is 8.85. The number of nitrogens with one attached hydrogen (secondary N) is 1. The molecule has 0 bridgehead atoms. The third kappa shape index (κ3) is 1.35. The van der Waals surface area contributed by atoms with E-state index in [2.05, 4.69) is 10.4 Å². The van der Waals surface area contributed by atoms with Crippen molar-refractivity contribution >= 4 is 0 Å². The van der Waals surface area contributed by atoms with Gasteiger partial charge in [0.25, 0.3) is 0 Å². The summed E-state index contributed by atoms with van der Waals surface area (Å²) in [5, 5.41) is 17.2. The molecule has 0 saturated carbocycles. The molecule has 0 fully saturated rings. The minimum Gasteiger partial charge on any atom is -0.390 e. The first-order valence-electron chi connectivity index (χ1n) is 5.37. The van der Waals surface area contributed by atoms with E-state index in [0.717, 1.165) is 35.7 Å². The van der Waals surface area contributed by atoms with Gasteiger partial charge in [-0.3, -0.25) is 0 Å². The number of rotatable bonds is 2. The minimum atomic E-state index is 0.0267. The summed E-state index contributed by atoms with van der Waals surface area (Å²) in [5.74, 6) is 0. The molecule has 0 spiro atoms. The molecule has 0 amide bonds. The van der Waals surface area contributed by atoms with E-state index in [1.54, 1.807) is 0 Å². The smallest absolute Gasteiger partial charge is 0.0857 e. The fourth-order valence-electron chi connectivity index (χ4n) is 2.13. The number of fused-ring (bicyclic) bond motifs is 1. The van der Waals surface area contributed by atoms with Crippen LogP contribution in [0.2, 0.25) is 0 Å². The van der Waals surface area contributed by atoms with Crippen LogP contribution in [-0.4, -0.2) is 14.9 Å². The normalized spacial score (nSPS) is 14.1. The van der Waals surface area contributed by atoms with Gasteiger partial charge in [0.05, 0.1) is 23.7 Å². The van der Waals surface area contributed by atoms with E-state index in [9.17, 15) is 5.11 Å². The Labute approximate surface area is 93.5 Å². The molecule has 0 atom stereocenters. The molecular weight excluding hydrogens is 202 g/mol. The number of aliphatic hydroxyl groups is 1. The van der Waals surface area contributed by atoms with Gasteiger partial charge in [0, 0.05) is 18.7 Å². The Kier molecular flexibility index (Phi) is 2.23. The molecule has 2 N–H and O–H groups in total. The minimum absolute atomic E-state index is 0.0267. The van der Waals surface area contributed by atoms with Crippen LogP contribution in [0.5, 0.6) is 0 Å². The molecule has 0 saturated heterocycles. The van der Waals surface area contributed by atoms with Gasteiger partial charge in [-0.2, -0.15) is 5.10 Å². The van der Waals surface area contributed by atoms with Crippen LogP contribution in [0.25, 0.3) is 5.69 Å². The summed E-state index contributed by atoms with van der Waals surface area (Å²) in [5.41, 5.74) is 4.09. The molecule has 16 heavy (non-hydrogen) atoms. The van der Waals surface area contributed by atoms with E-state index in [0.29, 0.717) is 0 Å². The quantitative estimate of drug-likeness (QED) is 0.784. The SMILES string of the molecule is OCc1c2c(nn1-c1ccccc1)CNC2. The van der Waals surface area contributed by atoms with Gasteiger partial charge < -0.3 is 10.4 Å². The zero-order valence-corrected chi connectivity index (χ0v) is 8.85. The molecule has 0 aliphatic carbocycles. The molecule has 0 unspecified atom stereocenters. The maximum Gasteiger partial charge on any atom is 0.0857 e. The topological polar surface area (TPSA) is 50.1 Å². The second kappa shape index (κ2) is 3.73. The first kappa shape index (κ1) is 9.57. The Morgan fingerprint density at radius 1 is 1.25 bits per heavy atom. The molecule has 1 aromatic carbocycles. The summed E-state index contributed by atoms with van der Waals surface area (Å²) in [6, 6.07) is 9.91. The number of nitrogens with zero attached hydrogens (tertiary/aromatic N) is 2. The fourth-order valence-corrected chi connectivity index (χ4v) is 2.13. The molecule has 4 heteroatoms. The first-order valence-corrected chi connectivity index (χ1v) is 5.37. The average molecular weight is 215 g/mol. The van der Waals surface area contributed by atoms with Crippen molar-refractivity contribution in [1.29, 1.82) is 0 Å². The van der Waals surface area contributed by atoms with Gasteiger partial charge in [0.2, 0.25) is 0 Å². The lowest BCUT2D eigenvalue weighted by molar-refractivity contribution is 0.271. The second-order valence-corrected chi connectivity index (χ2v) is 3.88. The number of hydrogen-bond acceptors (Lipinski definition) is 3. The van der Waals surface area contributed by atoms with Gasteiger partial charge in [-0.15, -0.1) is 0 Å². The van der Waals surface area contributed by atoms with Crippen LogP contribution in [0.15, 0.2) is 30.3 Å². The van der Waals surface area contributed by atoms with Gasteiger partial charge in [-0.25, -0.2) is 4.68 Å². The number of hydrogen-bond donors (Lipinski definition) is 2. The number of aromatic nitrogens is 2. The number of benzene rings is 1. The Bertz CT molecular complexity index is 504. The third-order valence-corrected chi connectivity index (χ3v) is 2.92. The molecule has 3 rings (SSSR count). The van der Waals surface area contributed by atoms with Gasteiger partial charge in [0.15, 0.2) is 0 Å². The maximum atomic E-state index is 9.44. The summed E-state index contributed by atoms with van der Waals surface area (Å²) >= 11 is 0. The Hall–Kier alpha value is -1.65. The predicted octanol–water partition coefficient (Wildman–Crippen LogP) is 0.968. The summed E-state index contributed by atoms with van der Waals surface area (Å²) < 4.78 is 1.84. The van der Waals surface area contributed by atoms with Crippen LogP contribution >= 0.6 is 0 Å². The Balaban J connectivity index is 2.15. The molecule has 82 valence electrons. The highest BCUT2D eigenvalue weighted by Crippen LogP contribution is 2.22. The van der Waals surface area contributed by atoms with Gasteiger partial charge in [-0.1, -0.05) is 18.2 Å². The average Bonchev–Trinajstić information content (AvgIpc) is 2.89. The monoisotopic (exact) mass is 215 g/mol. The lowest BCUT2D eigenvalue weighted by Gasteiger charge is -2.06. The standard InChI is InChI=1S/C12H13N3O/c16-8-12-10-6-13-7-11(10)14-15(12)9-4-2-1-3-5-9/h1-5,13,16H,6-8H2. The molecular formula is C12H13N3O. The molecule has 0 radical (unpaired) electrons. The van der Waals surface area contributed by atoms with Gasteiger partial charge in [-0.05, 0) is 12.1 Å². The number of para-hydroxylation sites is 1. The van der Waals surface area contributed by atoms with E-state index in [1.807, 2.05) is 35.0 Å². The molecule has 1 aliphatic rings. The first-order chi connectivity index (χ1) is 7.90. The lowest BCUT2D eigenvalue weighted by atomic mass is 10.2. The van der Waals surface area contributed by atoms with Gasteiger partial charge in [0.1, 0.15) is 0 Å². The summed E-state index contributed by atoms with van der Waals surface area (Å²) in [7, 11) is 0. The van der Waals surface area contributed by atoms with Crippen molar-refractivity contribution in [2.75, 3.05) is 0 Å². The Morgan fingerprint density at radius 3 is 2.81 bits per heavy atom. The van der Waals surface area contributed by atoms with Crippen LogP contribution in [0.3, 0.4) is 0 Å². The van der Waals surface area contributed by atoms with Crippen molar-refractivity contribution in [1.82, 2.24) is 15.1 Å². The van der Waals surface area contributed by atoms with Crippen molar-refractivity contribution in [2.45, 2.75) is 19.7 Å². The highest BCUT2D eigenvalue weighted by Gasteiger charge is 2.21. The largest absolute Gasteiger partial charge is 0.390 e. The van der Waals surface area contributed by atoms with Crippen LogP contribution in [0, 0.1) is 0 Å². The molecule has 2 heterocycles. The van der Waals surface area contributed by atoms with Gasteiger partial charge >= 0.3 is 0 Å². The molecule has 1 aromatic heterocycles. The summed E-state index contributed by atoms with van der Waals surface area (Å²) in [6.07, 6.45) is 0. The van der Waals surface area contributed by atoms with Crippen molar-refractivity contribution in [3.05, 3.63) is 47.3 Å². The summed E-state index contributed by atoms with van der Waals surface area (Å²) in [6.45, 7) is 1.62. The molecule has 2 aromatic rings. The molecule has 1 aliphatic heterocycles. The second-order valence-electron chi connectivity index (χ2n) is 3.88. The van der Waals surface area contributed by atoms with Crippen LogP contribution in [0.4, 0.5) is 0 Å². The zero-order chi connectivity index (χ0) is 11.0. The van der Waals surface area contributed by atoms with Crippen LogP contribution in [-0.2, 0) is 19.7 Å². The number of aliphatic hydroxyl groups excluding tert-OH is 1. The van der Waals surface area contributed by atoms with Crippen LogP contribution in [0.1, 0.15) is 17.0 Å². The highest BCUT2D eigenvalue weighted by molar-refractivity contribution is 5.38. The summed E-state index contributed by atoms with van der Waals surface area (Å²) in [4.78, 5) is 0. The predicted molar refractivity (Wildman–Crippen MR) is 60.0 cm³/mol.